The molecule has 3 aromatic heterocycles. The molecule has 160 valence electrons. The summed E-state index contributed by atoms with van der Waals surface area (Å²) in [6.45, 7) is 0. The van der Waals surface area contributed by atoms with Crippen LogP contribution in [-0.2, 0) is 0 Å². The lowest BCUT2D eigenvalue weighted by atomic mass is 10.1. The van der Waals surface area contributed by atoms with Gasteiger partial charge in [0.2, 0.25) is 0 Å². The fourth-order valence-corrected chi connectivity index (χ4v) is 3.97. The molecule has 0 spiro atoms. The highest BCUT2D eigenvalue weighted by atomic mass is 16.4. The molecule has 0 radical (unpaired) electrons. The zero-order valence-corrected chi connectivity index (χ0v) is 16.6. The van der Waals surface area contributed by atoms with E-state index in [2.05, 4.69) is 15.6 Å². The van der Waals surface area contributed by atoms with E-state index in [4.69, 9.17) is 10.2 Å². The molecule has 2 amide bonds. The Kier molecular flexibility index (Phi) is 3.66. The van der Waals surface area contributed by atoms with Crippen molar-refractivity contribution in [2.24, 2.45) is 0 Å². The Labute approximate surface area is 182 Å². The average Bonchev–Trinajstić information content (AvgIpc) is 3.33. The van der Waals surface area contributed by atoms with E-state index in [0.29, 0.717) is 16.4 Å². The van der Waals surface area contributed by atoms with Gasteiger partial charge in [-0.25, -0.2) is 9.48 Å². The van der Waals surface area contributed by atoms with E-state index in [-0.39, 0.29) is 33.9 Å². The first-order valence-corrected chi connectivity index (χ1v) is 9.73. The monoisotopic (exact) mass is 440 g/mol. The van der Waals surface area contributed by atoms with Crippen molar-refractivity contribution in [3.63, 3.8) is 0 Å². The normalized spacial score (nSPS) is 13.0. The second-order valence-electron chi connectivity index (χ2n) is 7.41. The highest BCUT2D eigenvalue weighted by molar-refractivity contribution is 6.23. The Balaban J connectivity index is 1.53. The molecule has 33 heavy (non-hydrogen) atoms. The first-order chi connectivity index (χ1) is 15.9. The van der Waals surface area contributed by atoms with Crippen LogP contribution in [0.25, 0.3) is 33.4 Å². The third-order valence-electron chi connectivity index (χ3n) is 5.49. The molecule has 1 aliphatic rings. The molecule has 6 rings (SSSR count). The van der Waals surface area contributed by atoms with Gasteiger partial charge < -0.3 is 10.2 Å². The van der Waals surface area contributed by atoms with Gasteiger partial charge in [-0.05, 0) is 30.3 Å². The topological polar surface area (TPSA) is 155 Å². The van der Waals surface area contributed by atoms with E-state index in [1.807, 2.05) is 12.1 Å². The molecular weight excluding hydrogens is 428 g/mol. The molecule has 0 saturated carbocycles. The number of nitrogens with two attached hydrogens (primary N) is 1. The average molecular weight is 440 g/mol. The summed E-state index contributed by atoms with van der Waals surface area (Å²) in [6, 6.07) is 14.5. The van der Waals surface area contributed by atoms with Crippen LogP contribution in [0.15, 0.2) is 68.6 Å². The van der Waals surface area contributed by atoms with Crippen molar-refractivity contribution in [1.82, 2.24) is 24.9 Å². The lowest BCUT2D eigenvalue weighted by Crippen LogP contribution is -2.24. The van der Waals surface area contributed by atoms with Crippen LogP contribution >= 0.6 is 0 Å². The number of fused-ring (bicyclic) bond motifs is 3. The van der Waals surface area contributed by atoms with Gasteiger partial charge in [-0.3, -0.25) is 24.3 Å². The molecule has 0 atom stereocenters. The molecular formula is C22H12N6O5. The number of amides is 2. The van der Waals surface area contributed by atoms with Gasteiger partial charge in [0, 0.05) is 17.5 Å². The zero-order chi connectivity index (χ0) is 22.9. The van der Waals surface area contributed by atoms with Crippen LogP contribution in [-0.4, -0.2) is 31.4 Å². The Morgan fingerprint density at radius 3 is 2.61 bits per heavy atom. The Hall–Kier alpha value is -5.06. The van der Waals surface area contributed by atoms with Crippen molar-refractivity contribution >= 4 is 39.6 Å². The largest absolute Gasteiger partial charge is 0.421 e. The van der Waals surface area contributed by atoms with Crippen molar-refractivity contribution in [3.05, 3.63) is 86.5 Å². The van der Waals surface area contributed by atoms with Gasteiger partial charge in [0.15, 0.2) is 5.69 Å². The van der Waals surface area contributed by atoms with E-state index in [9.17, 15) is 19.2 Å². The Bertz CT molecular complexity index is 1800. The second-order valence-corrected chi connectivity index (χ2v) is 7.41. The Morgan fingerprint density at radius 2 is 1.76 bits per heavy atom. The predicted octanol–water partition coefficient (Wildman–Crippen LogP) is 1.14. The molecule has 0 unspecified atom stereocenters. The van der Waals surface area contributed by atoms with Crippen LogP contribution < -0.4 is 22.2 Å². The molecule has 0 fully saturated rings. The predicted molar refractivity (Wildman–Crippen MR) is 117 cm³/mol. The Morgan fingerprint density at radius 1 is 0.939 bits per heavy atom. The summed E-state index contributed by atoms with van der Waals surface area (Å²) in [4.78, 5) is 49.4. The molecule has 0 aliphatic carbocycles. The minimum absolute atomic E-state index is 0.0734. The number of rotatable bonds is 2. The van der Waals surface area contributed by atoms with Gasteiger partial charge in [0.1, 0.15) is 16.9 Å². The maximum absolute atomic E-state index is 12.8. The van der Waals surface area contributed by atoms with E-state index in [0.717, 1.165) is 10.6 Å². The van der Waals surface area contributed by atoms with Crippen molar-refractivity contribution in [2.75, 3.05) is 5.73 Å². The number of carbonyl (C=O) groups is 2. The fourth-order valence-electron chi connectivity index (χ4n) is 3.97. The summed E-state index contributed by atoms with van der Waals surface area (Å²) in [5.74, 6) is -1.55. The van der Waals surface area contributed by atoms with Crippen molar-refractivity contribution in [3.8, 4) is 11.4 Å². The van der Waals surface area contributed by atoms with Gasteiger partial charge in [-0.2, -0.15) is 0 Å². The number of nitrogens with zero attached hydrogens (tertiary/aromatic N) is 4. The number of carbonyl (C=O) groups excluding carboxylic acids is 2. The van der Waals surface area contributed by atoms with E-state index in [1.165, 1.54) is 10.7 Å². The first kappa shape index (κ1) is 18.7. The number of imide groups is 1. The number of nitrogens with one attached hydrogen (secondary N) is 1. The second kappa shape index (κ2) is 6.47. The molecule has 11 heteroatoms. The third-order valence-corrected chi connectivity index (χ3v) is 5.49. The van der Waals surface area contributed by atoms with Crippen molar-refractivity contribution in [1.29, 1.82) is 0 Å². The fraction of sp³-hybridized carbons (Fsp3) is 0. The maximum atomic E-state index is 12.8. The van der Waals surface area contributed by atoms with Crippen LogP contribution in [0.4, 0.5) is 5.82 Å². The first-order valence-electron chi connectivity index (χ1n) is 9.73. The quantitative estimate of drug-likeness (QED) is 0.306. The zero-order valence-electron chi connectivity index (χ0n) is 16.6. The number of hydrogen-bond donors (Lipinski definition) is 2. The molecule has 0 bridgehead atoms. The summed E-state index contributed by atoms with van der Waals surface area (Å²) in [5.41, 5.74) is 6.56. The summed E-state index contributed by atoms with van der Waals surface area (Å²) < 4.78 is 7.98. The van der Waals surface area contributed by atoms with Crippen LogP contribution in [0.5, 0.6) is 0 Å². The summed E-state index contributed by atoms with van der Waals surface area (Å²) in [6.07, 6.45) is 0. The van der Waals surface area contributed by atoms with Crippen molar-refractivity contribution < 1.29 is 14.0 Å². The number of aromatic nitrogens is 4. The highest BCUT2D eigenvalue weighted by Gasteiger charge is 2.31. The van der Waals surface area contributed by atoms with Crippen LogP contribution in [0, 0.1) is 0 Å². The molecule has 1 aliphatic heterocycles. The summed E-state index contributed by atoms with van der Waals surface area (Å²) in [5, 5.41) is 10.8. The number of anilines is 1. The lowest BCUT2D eigenvalue weighted by Gasteiger charge is -2.12. The van der Waals surface area contributed by atoms with Crippen LogP contribution in [0.2, 0.25) is 0 Å². The lowest BCUT2D eigenvalue weighted by molar-refractivity contribution is 0.0880. The molecule has 3 N–H and O–H groups in total. The molecule has 11 nitrogen and oxygen atoms in total. The summed E-state index contributed by atoms with van der Waals surface area (Å²) >= 11 is 0. The number of nitrogen functional groups attached to an aromatic ring is 1. The van der Waals surface area contributed by atoms with Gasteiger partial charge in [0.05, 0.1) is 22.3 Å². The standard InChI is InChI=1S/C22H12N6O5/c23-19-18-12(20(30)24-21(18)31)9-17(29)27(19)11-6-5-10-7-15(22(32)33-16(10)8-11)28-14-4-2-1-3-13(14)25-26-28/h1-9H,23H2,(H,24,30,31). The number of hydrogen-bond acceptors (Lipinski definition) is 8. The van der Waals surface area contributed by atoms with E-state index >= 15 is 0 Å². The number of benzene rings is 2. The minimum Gasteiger partial charge on any atom is -0.421 e. The van der Waals surface area contributed by atoms with Crippen LogP contribution in [0.1, 0.15) is 20.7 Å². The van der Waals surface area contributed by atoms with Gasteiger partial charge >= 0.3 is 5.63 Å². The van der Waals surface area contributed by atoms with Crippen LogP contribution in [0.3, 0.4) is 0 Å². The van der Waals surface area contributed by atoms with Gasteiger partial charge in [-0.1, -0.05) is 17.3 Å². The third kappa shape index (κ3) is 2.62. The number of pyridine rings is 1. The highest BCUT2D eigenvalue weighted by Crippen LogP contribution is 2.25. The van der Waals surface area contributed by atoms with E-state index in [1.54, 1.807) is 30.3 Å². The minimum atomic E-state index is -0.682. The molecule has 5 aromatic rings. The molecule has 2 aromatic carbocycles. The van der Waals surface area contributed by atoms with E-state index < -0.39 is 23.0 Å². The van der Waals surface area contributed by atoms with Crippen molar-refractivity contribution in [2.45, 2.75) is 0 Å². The molecule has 0 saturated heterocycles. The smallest absolute Gasteiger partial charge is 0.362 e. The SMILES string of the molecule is Nc1c2c(cc(=O)n1-c1ccc3cc(-n4nnc5ccccc54)c(=O)oc3c1)C(=O)NC2=O. The van der Waals surface area contributed by atoms with Gasteiger partial charge in [-0.15, -0.1) is 5.10 Å². The summed E-state index contributed by atoms with van der Waals surface area (Å²) in [7, 11) is 0. The number of para-hydroxylation sites is 1. The van der Waals surface area contributed by atoms with Gasteiger partial charge in [0.25, 0.3) is 17.4 Å². The molecule has 4 heterocycles. The maximum Gasteiger partial charge on any atom is 0.362 e.